The van der Waals surface area contributed by atoms with Gasteiger partial charge in [-0.2, -0.15) is 0 Å². The number of urea groups is 1. The van der Waals surface area contributed by atoms with Gasteiger partial charge in [0.15, 0.2) is 0 Å². The standard InChI is InChI=1S/C20H41N7O/c1-14-11-18(23-9-4-3-8-21-2)26-19(24-14)27-20(28)25-17-6-5-16-13-22-10-7-15(16)12-17/h14-19,21-24,26H,3-13H2,1-2H3,(H2,25,27,28). The molecular weight excluding hydrogens is 354 g/mol. The van der Waals surface area contributed by atoms with Crippen molar-refractivity contribution in [1.29, 1.82) is 0 Å². The van der Waals surface area contributed by atoms with Crippen LogP contribution in [0.25, 0.3) is 0 Å². The zero-order valence-corrected chi connectivity index (χ0v) is 17.7. The Bertz CT molecular complexity index is 477. The van der Waals surface area contributed by atoms with Crippen LogP contribution < -0.4 is 37.2 Å². The summed E-state index contributed by atoms with van der Waals surface area (Å²) in [6, 6.07) is 0.595. The first-order chi connectivity index (χ1) is 13.6. The van der Waals surface area contributed by atoms with Gasteiger partial charge in [-0.25, -0.2) is 4.79 Å². The molecule has 6 unspecified atom stereocenters. The van der Waals surface area contributed by atoms with Gasteiger partial charge in [-0.1, -0.05) is 0 Å². The van der Waals surface area contributed by atoms with Gasteiger partial charge < -0.3 is 26.6 Å². The fourth-order valence-electron chi connectivity index (χ4n) is 4.97. The van der Waals surface area contributed by atoms with Gasteiger partial charge in [0.2, 0.25) is 0 Å². The van der Waals surface area contributed by atoms with Crippen LogP contribution in [0.15, 0.2) is 0 Å². The number of amides is 2. The van der Waals surface area contributed by atoms with E-state index in [0.29, 0.717) is 12.1 Å². The van der Waals surface area contributed by atoms with Gasteiger partial charge in [0.1, 0.15) is 6.29 Å². The van der Waals surface area contributed by atoms with Crippen LogP contribution in [0, 0.1) is 11.8 Å². The molecule has 1 saturated carbocycles. The average Bonchev–Trinajstić information content (AvgIpc) is 2.67. The molecule has 162 valence electrons. The molecule has 28 heavy (non-hydrogen) atoms. The Morgan fingerprint density at radius 2 is 1.86 bits per heavy atom. The predicted molar refractivity (Wildman–Crippen MR) is 113 cm³/mol. The monoisotopic (exact) mass is 395 g/mol. The van der Waals surface area contributed by atoms with Crippen molar-refractivity contribution >= 4 is 6.03 Å². The zero-order chi connectivity index (χ0) is 19.8. The Labute approximate surface area is 170 Å². The van der Waals surface area contributed by atoms with Gasteiger partial charge in [-0.05, 0) is 96.9 Å². The number of fused-ring (bicyclic) bond motifs is 1. The molecule has 6 atom stereocenters. The first kappa shape index (κ1) is 21.8. The summed E-state index contributed by atoms with van der Waals surface area (Å²) in [6.45, 7) is 6.49. The summed E-state index contributed by atoms with van der Waals surface area (Å²) in [7, 11) is 1.99. The topological polar surface area (TPSA) is 101 Å². The van der Waals surface area contributed by atoms with Crippen molar-refractivity contribution in [2.45, 2.75) is 76.4 Å². The van der Waals surface area contributed by atoms with Crippen molar-refractivity contribution in [3.05, 3.63) is 0 Å². The number of carbonyl (C=O) groups is 1. The lowest BCUT2D eigenvalue weighted by Crippen LogP contribution is -2.68. The number of hydrogen-bond donors (Lipinski definition) is 7. The lowest BCUT2D eigenvalue weighted by atomic mass is 9.73. The fourth-order valence-corrected chi connectivity index (χ4v) is 4.97. The van der Waals surface area contributed by atoms with E-state index in [-0.39, 0.29) is 18.5 Å². The summed E-state index contributed by atoms with van der Waals surface area (Å²) >= 11 is 0. The summed E-state index contributed by atoms with van der Waals surface area (Å²) in [5.74, 6) is 1.57. The molecular formula is C20H41N7O. The normalized spacial score (nSPS) is 35.8. The molecule has 0 spiro atoms. The SMILES string of the molecule is CNCCCCNC1CC(C)NC(NC(=O)NC2CCC3CNCCC3C2)N1. The third-order valence-electron chi connectivity index (χ3n) is 6.50. The minimum atomic E-state index is -0.200. The summed E-state index contributed by atoms with van der Waals surface area (Å²) < 4.78 is 0. The second-order valence-electron chi connectivity index (χ2n) is 8.86. The Hall–Kier alpha value is -0.930. The largest absolute Gasteiger partial charge is 0.335 e. The Kier molecular flexibility index (Phi) is 8.79. The van der Waals surface area contributed by atoms with Gasteiger partial charge >= 0.3 is 6.03 Å². The second-order valence-corrected chi connectivity index (χ2v) is 8.86. The summed E-state index contributed by atoms with van der Waals surface area (Å²) in [5, 5.41) is 23.4. The van der Waals surface area contributed by atoms with E-state index in [9.17, 15) is 4.79 Å². The molecule has 8 nitrogen and oxygen atoms in total. The summed E-state index contributed by atoms with van der Waals surface area (Å²) in [6.07, 6.45) is 8.04. The lowest BCUT2D eigenvalue weighted by Gasteiger charge is -2.40. The maximum Gasteiger partial charge on any atom is 0.317 e. The average molecular weight is 396 g/mol. The van der Waals surface area contributed by atoms with E-state index in [2.05, 4.69) is 44.1 Å². The van der Waals surface area contributed by atoms with E-state index in [1.165, 1.54) is 19.3 Å². The van der Waals surface area contributed by atoms with Gasteiger partial charge in [0.25, 0.3) is 0 Å². The van der Waals surface area contributed by atoms with Crippen LogP contribution in [0.3, 0.4) is 0 Å². The molecule has 0 bridgehead atoms. The highest BCUT2D eigenvalue weighted by atomic mass is 16.2. The molecule has 0 aromatic rings. The van der Waals surface area contributed by atoms with Crippen molar-refractivity contribution in [3.8, 4) is 0 Å². The molecule has 8 heteroatoms. The van der Waals surface area contributed by atoms with Crippen molar-refractivity contribution in [2.24, 2.45) is 11.8 Å². The molecule has 0 aromatic heterocycles. The van der Waals surface area contributed by atoms with E-state index in [0.717, 1.165) is 63.7 Å². The van der Waals surface area contributed by atoms with Crippen molar-refractivity contribution < 1.29 is 4.79 Å². The minimum Gasteiger partial charge on any atom is -0.335 e. The van der Waals surface area contributed by atoms with Gasteiger partial charge in [-0.3, -0.25) is 10.6 Å². The van der Waals surface area contributed by atoms with E-state index < -0.39 is 0 Å². The molecule has 7 N–H and O–H groups in total. The predicted octanol–water partition coefficient (Wildman–Crippen LogP) is 0.234. The summed E-state index contributed by atoms with van der Waals surface area (Å²) in [5.41, 5.74) is 0. The first-order valence-corrected chi connectivity index (χ1v) is 11.3. The molecule has 0 aromatic carbocycles. The number of unbranched alkanes of at least 4 members (excludes halogenated alkanes) is 1. The third-order valence-corrected chi connectivity index (χ3v) is 6.50. The van der Waals surface area contributed by atoms with Crippen LogP contribution in [0.5, 0.6) is 0 Å². The maximum atomic E-state index is 12.5. The number of rotatable bonds is 8. The summed E-state index contributed by atoms with van der Waals surface area (Å²) in [4.78, 5) is 12.5. The molecule has 0 radical (unpaired) electrons. The number of nitrogens with one attached hydrogen (secondary N) is 7. The minimum absolute atomic E-state index is 0.0655. The van der Waals surface area contributed by atoms with Crippen LogP contribution in [0.4, 0.5) is 4.79 Å². The smallest absolute Gasteiger partial charge is 0.317 e. The van der Waals surface area contributed by atoms with Gasteiger partial charge in [-0.15, -0.1) is 0 Å². The first-order valence-electron chi connectivity index (χ1n) is 11.3. The molecule has 1 aliphatic carbocycles. The number of carbonyl (C=O) groups excluding carboxylic acids is 1. The zero-order valence-electron chi connectivity index (χ0n) is 17.7. The van der Waals surface area contributed by atoms with Crippen LogP contribution in [0.1, 0.15) is 51.9 Å². The molecule has 2 heterocycles. The van der Waals surface area contributed by atoms with E-state index >= 15 is 0 Å². The van der Waals surface area contributed by atoms with Crippen LogP contribution in [0.2, 0.25) is 0 Å². The molecule has 3 aliphatic rings. The van der Waals surface area contributed by atoms with E-state index in [1.807, 2.05) is 7.05 Å². The molecule has 2 aliphatic heterocycles. The number of hydrogen-bond acceptors (Lipinski definition) is 6. The Balaban J connectivity index is 1.36. The van der Waals surface area contributed by atoms with Crippen molar-refractivity contribution in [1.82, 2.24) is 37.2 Å². The van der Waals surface area contributed by atoms with Crippen LogP contribution >= 0.6 is 0 Å². The molecule has 3 fully saturated rings. The van der Waals surface area contributed by atoms with Crippen molar-refractivity contribution in [3.63, 3.8) is 0 Å². The Morgan fingerprint density at radius 3 is 2.71 bits per heavy atom. The highest BCUT2D eigenvalue weighted by Crippen LogP contribution is 2.33. The fraction of sp³-hybridized carbons (Fsp3) is 0.950. The third kappa shape index (κ3) is 6.84. The van der Waals surface area contributed by atoms with E-state index in [1.54, 1.807) is 0 Å². The quantitative estimate of drug-likeness (QED) is 0.297. The highest BCUT2D eigenvalue weighted by Gasteiger charge is 2.33. The molecule has 2 saturated heterocycles. The van der Waals surface area contributed by atoms with Crippen LogP contribution in [-0.2, 0) is 0 Å². The van der Waals surface area contributed by atoms with E-state index in [4.69, 9.17) is 0 Å². The van der Waals surface area contributed by atoms with Crippen molar-refractivity contribution in [2.75, 3.05) is 33.2 Å². The van der Waals surface area contributed by atoms with Crippen LogP contribution in [-0.4, -0.2) is 63.8 Å². The second kappa shape index (κ2) is 11.3. The van der Waals surface area contributed by atoms with Gasteiger partial charge in [0.05, 0.1) is 6.17 Å². The highest BCUT2D eigenvalue weighted by molar-refractivity contribution is 5.74. The van der Waals surface area contributed by atoms with Gasteiger partial charge in [0, 0.05) is 12.1 Å². The maximum absolute atomic E-state index is 12.5. The molecule has 2 amide bonds. The Morgan fingerprint density at radius 1 is 1.00 bits per heavy atom. The lowest BCUT2D eigenvalue weighted by molar-refractivity contribution is 0.151. The number of piperidine rings is 1. The molecule has 3 rings (SSSR count).